The Labute approximate surface area is 98.9 Å². The van der Waals surface area contributed by atoms with Gasteiger partial charge in [0, 0.05) is 0 Å². The third kappa shape index (κ3) is 10.3. The monoisotopic (exact) mass is 214 g/mol. The van der Waals surface area contributed by atoms with Gasteiger partial charge in [-0.05, 0) is 17.8 Å². The van der Waals surface area contributed by atoms with Gasteiger partial charge in [-0.2, -0.15) is 0 Å². The van der Waals surface area contributed by atoms with E-state index in [1.807, 2.05) is 13.8 Å². The average Bonchev–Trinajstić information content (AvgIpc) is 2.04. The van der Waals surface area contributed by atoms with Gasteiger partial charge in [0.2, 0.25) is 0 Å². The van der Waals surface area contributed by atoms with Gasteiger partial charge in [0.25, 0.3) is 0 Å². The lowest BCUT2D eigenvalue weighted by Gasteiger charge is -2.22. The molecule has 1 saturated carbocycles. The van der Waals surface area contributed by atoms with Crippen molar-refractivity contribution in [3.05, 3.63) is 0 Å². The van der Waals surface area contributed by atoms with E-state index in [2.05, 4.69) is 34.6 Å². The van der Waals surface area contributed by atoms with Crippen LogP contribution in [0.4, 0.5) is 0 Å². The molecule has 0 aliphatic heterocycles. The van der Waals surface area contributed by atoms with Crippen LogP contribution in [0, 0.1) is 17.8 Å². The van der Waals surface area contributed by atoms with Gasteiger partial charge in [-0.25, -0.2) is 0 Å². The molecular formula is C15H34. The molecule has 0 radical (unpaired) electrons. The second-order valence-corrected chi connectivity index (χ2v) is 4.97. The summed E-state index contributed by atoms with van der Waals surface area (Å²) in [4.78, 5) is 0. The summed E-state index contributed by atoms with van der Waals surface area (Å²) >= 11 is 0. The number of rotatable bonds is 3. The molecule has 1 rings (SSSR count). The molecule has 0 atom stereocenters. The van der Waals surface area contributed by atoms with Crippen LogP contribution in [-0.4, -0.2) is 0 Å². The molecule has 0 unspecified atom stereocenters. The van der Waals surface area contributed by atoms with Gasteiger partial charge in [-0.1, -0.05) is 80.6 Å². The molecule has 0 amide bonds. The molecule has 0 N–H and O–H groups in total. The van der Waals surface area contributed by atoms with Crippen molar-refractivity contribution in [2.75, 3.05) is 0 Å². The summed E-state index contributed by atoms with van der Waals surface area (Å²) in [7, 11) is 0. The highest BCUT2D eigenvalue weighted by atomic mass is 14.2. The summed E-state index contributed by atoms with van der Waals surface area (Å²) in [5.74, 6) is 2.63. The van der Waals surface area contributed by atoms with Crippen LogP contribution in [-0.2, 0) is 0 Å². The molecule has 1 fully saturated rings. The highest BCUT2D eigenvalue weighted by Gasteiger charge is 2.13. The van der Waals surface area contributed by atoms with Crippen molar-refractivity contribution in [3.63, 3.8) is 0 Å². The van der Waals surface area contributed by atoms with Crippen LogP contribution >= 0.6 is 0 Å². The Morgan fingerprint density at radius 2 is 1.00 bits per heavy atom. The Balaban J connectivity index is 0. The molecule has 0 aromatic heterocycles. The highest BCUT2D eigenvalue weighted by molar-refractivity contribution is 4.63. The molecule has 0 heteroatoms. The molecule has 1 aliphatic rings. The Bertz CT molecular complexity index is 86.6. The van der Waals surface area contributed by atoms with Crippen molar-refractivity contribution in [2.45, 2.75) is 80.6 Å². The molecule has 94 valence electrons. The summed E-state index contributed by atoms with van der Waals surface area (Å²) in [6.07, 6.45) is 7.33. The van der Waals surface area contributed by atoms with Gasteiger partial charge < -0.3 is 0 Å². The normalized spacial score (nSPS) is 14.0. The van der Waals surface area contributed by atoms with Crippen LogP contribution in [0.2, 0.25) is 0 Å². The average molecular weight is 214 g/mol. The maximum atomic E-state index is 2.31. The molecule has 0 heterocycles. The fraction of sp³-hybridized carbons (Fsp3) is 1.00. The van der Waals surface area contributed by atoms with Gasteiger partial charge in [0.1, 0.15) is 0 Å². The number of hydrogen-bond donors (Lipinski definition) is 0. The highest BCUT2D eigenvalue weighted by Crippen LogP contribution is 2.22. The lowest BCUT2D eigenvalue weighted by atomic mass is 9.84. The zero-order valence-corrected chi connectivity index (χ0v) is 12.3. The SMILES string of the molecule is C1CCC1.CC.CCC(C(C)C)C(C)C. The maximum Gasteiger partial charge on any atom is -0.0371 e. The first-order valence-corrected chi connectivity index (χ1v) is 7.09. The standard InChI is InChI=1S/C9H20.C4H8.C2H6/c1-6-9(7(2)3)8(4)5;1-2-4-3-1;1-2/h7-9H,6H2,1-5H3;1-4H2;1-2H3. The molecule has 0 bridgehead atoms. The zero-order chi connectivity index (χ0) is 12.3. The molecule has 0 saturated heterocycles. The van der Waals surface area contributed by atoms with E-state index < -0.39 is 0 Å². The lowest BCUT2D eigenvalue weighted by Crippen LogP contribution is -2.13. The molecule has 1 aliphatic carbocycles. The summed E-state index contributed by atoms with van der Waals surface area (Å²) in [5, 5.41) is 0. The van der Waals surface area contributed by atoms with Gasteiger partial charge in [-0.3, -0.25) is 0 Å². The predicted octanol–water partition coefficient (Wildman–Crippen LogP) is 5.91. The molecule has 0 aromatic rings. The molecule has 0 nitrogen and oxygen atoms in total. The fourth-order valence-electron chi connectivity index (χ4n) is 1.96. The minimum absolute atomic E-state index is 0.856. The van der Waals surface area contributed by atoms with Crippen molar-refractivity contribution in [1.82, 2.24) is 0 Å². The first kappa shape index (κ1) is 17.4. The van der Waals surface area contributed by atoms with Crippen molar-refractivity contribution in [1.29, 1.82) is 0 Å². The van der Waals surface area contributed by atoms with Crippen LogP contribution in [0.15, 0.2) is 0 Å². The fourth-order valence-corrected chi connectivity index (χ4v) is 1.96. The van der Waals surface area contributed by atoms with Crippen LogP contribution in [0.5, 0.6) is 0 Å². The Morgan fingerprint density at radius 1 is 0.733 bits per heavy atom. The van der Waals surface area contributed by atoms with E-state index in [-0.39, 0.29) is 0 Å². The molecule has 15 heavy (non-hydrogen) atoms. The van der Waals surface area contributed by atoms with Gasteiger partial charge in [-0.15, -0.1) is 0 Å². The van der Waals surface area contributed by atoms with E-state index in [4.69, 9.17) is 0 Å². The Kier molecular flexibility index (Phi) is 14.0. The summed E-state index contributed by atoms with van der Waals surface area (Å²) < 4.78 is 0. The van der Waals surface area contributed by atoms with Gasteiger partial charge in [0.15, 0.2) is 0 Å². The second kappa shape index (κ2) is 12.1. The van der Waals surface area contributed by atoms with Crippen LogP contribution in [0.1, 0.15) is 80.6 Å². The third-order valence-electron chi connectivity index (χ3n) is 3.18. The Hall–Kier alpha value is 0. The number of hydrogen-bond acceptors (Lipinski definition) is 0. The summed E-state index contributed by atoms with van der Waals surface area (Å²) in [6.45, 7) is 15.5. The minimum atomic E-state index is 0.856. The van der Waals surface area contributed by atoms with Crippen molar-refractivity contribution < 1.29 is 0 Å². The summed E-state index contributed by atoms with van der Waals surface area (Å²) in [6, 6.07) is 0. The smallest absolute Gasteiger partial charge is 0.0371 e. The van der Waals surface area contributed by atoms with Crippen molar-refractivity contribution in [3.8, 4) is 0 Å². The predicted molar refractivity (Wildman–Crippen MR) is 73.3 cm³/mol. The van der Waals surface area contributed by atoms with E-state index >= 15 is 0 Å². The Morgan fingerprint density at radius 3 is 1.00 bits per heavy atom. The largest absolute Gasteiger partial charge is 0.0683 e. The third-order valence-corrected chi connectivity index (χ3v) is 3.18. The van der Waals surface area contributed by atoms with E-state index in [0.29, 0.717) is 0 Å². The molecule has 0 spiro atoms. The van der Waals surface area contributed by atoms with E-state index in [1.54, 1.807) is 0 Å². The molecule has 0 aromatic carbocycles. The first-order chi connectivity index (χ1) is 7.09. The summed E-state index contributed by atoms with van der Waals surface area (Å²) in [5.41, 5.74) is 0. The minimum Gasteiger partial charge on any atom is -0.0683 e. The van der Waals surface area contributed by atoms with Crippen molar-refractivity contribution >= 4 is 0 Å². The van der Waals surface area contributed by atoms with Gasteiger partial charge in [0.05, 0.1) is 0 Å². The van der Waals surface area contributed by atoms with E-state index in [9.17, 15) is 0 Å². The van der Waals surface area contributed by atoms with Crippen LogP contribution in [0.3, 0.4) is 0 Å². The topological polar surface area (TPSA) is 0 Å². The van der Waals surface area contributed by atoms with Crippen LogP contribution < -0.4 is 0 Å². The zero-order valence-electron chi connectivity index (χ0n) is 12.3. The quantitative estimate of drug-likeness (QED) is 0.548. The van der Waals surface area contributed by atoms with Crippen LogP contribution in [0.25, 0.3) is 0 Å². The maximum absolute atomic E-state index is 2.31. The lowest BCUT2D eigenvalue weighted by molar-refractivity contribution is 0.279. The molecular weight excluding hydrogens is 180 g/mol. The van der Waals surface area contributed by atoms with Gasteiger partial charge >= 0.3 is 0 Å². The van der Waals surface area contributed by atoms with E-state index in [1.165, 1.54) is 32.1 Å². The first-order valence-electron chi connectivity index (χ1n) is 7.09. The van der Waals surface area contributed by atoms with Crippen molar-refractivity contribution in [2.24, 2.45) is 17.8 Å². The van der Waals surface area contributed by atoms with E-state index in [0.717, 1.165) is 17.8 Å². The second-order valence-electron chi connectivity index (χ2n) is 4.97.